The van der Waals surface area contributed by atoms with Gasteiger partial charge in [-0.2, -0.15) is 0 Å². The predicted octanol–water partition coefficient (Wildman–Crippen LogP) is -0.651. The fraction of sp³-hybridized carbons (Fsp3) is 1.00. The van der Waals surface area contributed by atoms with Gasteiger partial charge in [-0.1, -0.05) is 0 Å². The van der Waals surface area contributed by atoms with E-state index in [0.29, 0.717) is 0 Å². The van der Waals surface area contributed by atoms with Crippen molar-refractivity contribution < 1.29 is 18.6 Å². The molecule has 4 nitrogen and oxygen atoms in total. The molecule has 0 aliphatic rings. The maximum absolute atomic E-state index is 9.56. The van der Waals surface area contributed by atoms with Crippen LogP contribution in [0.25, 0.3) is 0 Å². The van der Waals surface area contributed by atoms with Gasteiger partial charge in [0.25, 0.3) is 0 Å². The highest BCUT2D eigenvalue weighted by molar-refractivity contribution is 7.83. The van der Waals surface area contributed by atoms with Gasteiger partial charge < -0.3 is 10.2 Å². The van der Waals surface area contributed by atoms with Gasteiger partial charge in [-0.15, -0.1) is 0 Å². The average Bonchev–Trinajstić information content (AvgIpc) is 1.84. The molecule has 0 fully saturated rings. The van der Waals surface area contributed by atoms with Crippen LogP contribution in [-0.4, -0.2) is 56.4 Å². The van der Waals surface area contributed by atoms with Crippen LogP contribution in [0.15, 0.2) is 0 Å². The second-order valence-electron chi connectivity index (χ2n) is 2.51. The zero-order valence-corrected chi connectivity index (χ0v) is 10.4. The monoisotopic (exact) mass is 232 g/mol. The number of hydrogen-bond acceptors (Lipinski definition) is 4. The van der Waals surface area contributed by atoms with Crippen LogP contribution in [0.2, 0.25) is 0 Å². The summed E-state index contributed by atoms with van der Waals surface area (Å²) in [4.78, 5) is 0. The molecule has 0 heterocycles. The Labute approximate surface area is 85.3 Å². The molecule has 0 aliphatic carbocycles. The van der Waals surface area contributed by atoms with Crippen LogP contribution in [0.4, 0.5) is 0 Å². The summed E-state index contributed by atoms with van der Waals surface area (Å²) in [6.07, 6.45) is 6.00. The van der Waals surface area contributed by atoms with Crippen molar-refractivity contribution in [2.75, 3.05) is 31.6 Å². The Balaban J connectivity index is -0.000000117. The lowest BCUT2D eigenvalue weighted by atomic mass is 10.5. The highest BCUT2D eigenvalue weighted by Crippen LogP contribution is 1.68. The third-order valence-electron chi connectivity index (χ3n) is 0.264. The Morgan fingerprint density at radius 1 is 1.08 bits per heavy atom. The van der Waals surface area contributed by atoms with Crippen molar-refractivity contribution in [2.45, 2.75) is 13.0 Å². The zero-order chi connectivity index (χ0) is 11.4. The van der Waals surface area contributed by atoms with Gasteiger partial charge in [0.05, 0.1) is 12.7 Å². The van der Waals surface area contributed by atoms with E-state index >= 15 is 0 Å². The van der Waals surface area contributed by atoms with E-state index in [-0.39, 0.29) is 6.61 Å². The molecule has 6 heteroatoms. The van der Waals surface area contributed by atoms with Gasteiger partial charge in [0.2, 0.25) is 0 Å². The Kier molecular flexibility index (Phi) is 21.4. The summed E-state index contributed by atoms with van der Waals surface area (Å²) in [5.41, 5.74) is 0. The van der Waals surface area contributed by atoms with Gasteiger partial charge in [-0.25, -0.2) is 0 Å². The van der Waals surface area contributed by atoms with Gasteiger partial charge in [-0.3, -0.25) is 8.42 Å². The van der Waals surface area contributed by atoms with Crippen LogP contribution < -0.4 is 0 Å². The van der Waals surface area contributed by atoms with Crippen molar-refractivity contribution in [3.63, 3.8) is 0 Å². The highest BCUT2D eigenvalue weighted by Gasteiger charge is 1.83. The summed E-state index contributed by atoms with van der Waals surface area (Å²) < 4.78 is 19.1. The minimum atomic E-state index is -0.611. The third kappa shape index (κ3) is 259. The van der Waals surface area contributed by atoms with Crippen LogP contribution >= 0.6 is 0 Å². The minimum Gasteiger partial charge on any atom is -0.394 e. The Bertz CT molecular complexity index is 116. The van der Waals surface area contributed by atoms with E-state index in [9.17, 15) is 8.42 Å². The van der Waals surface area contributed by atoms with Crippen molar-refractivity contribution in [3.8, 4) is 0 Å². The number of aliphatic hydroxyl groups excluding tert-OH is 2. The zero-order valence-electron chi connectivity index (χ0n) is 8.81. The van der Waals surface area contributed by atoms with E-state index in [1.54, 1.807) is 25.0 Å². The van der Waals surface area contributed by atoms with Crippen LogP contribution in [-0.2, 0) is 21.6 Å². The predicted molar refractivity (Wildman–Crippen MR) is 58.7 cm³/mol. The fourth-order valence-electron chi connectivity index (χ4n) is 0. The molecule has 0 bridgehead atoms. The largest absolute Gasteiger partial charge is 0.394 e. The van der Waals surface area contributed by atoms with Gasteiger partial charge in [-0.05, 0) is 6.92 Å². The molecule has 84 valence electrons. The smallest absolute Gasteiger partial charge is 0.0742 e. The van der Waals surface area contributed by atoms with Gasteiger partial charge in [0.15, 0.2) is 0 Å². The SMILES string of the molecule is CC(O)CO.CS(C)=O.CS(C)=O. The molecule has 0 saturated carbocycles. The molecule has 0 aromatic rings. The van der Waals surface area contributed by atoms with E-state index in [0.717, 1.165) is 0 Å². The molecule has 0 rings (SSSR count). The topological polar surface area (TPSA) is 74.6 Å². The standard InChI is InChI=1S/C3H8O2.2C2H6OS/c1-3(5)2-4;2*1-4(2)3/h3-5H,2H2,1H3;2*1-2H3. The molecule has 0 aliphatic heterocycles. The number of aliphatic hydroxyl groups is 2. The normalized spacial score (nSPS) is 11.2. The quantitative estimate of drug-likeness (QED) is 0.630. The molecule has 0 saturated heterocycles. The summed E-state index contributed by atoms with van der Waals surface area (Å²) in [7, 11) is -1.22. The van der Waals surface area contributed by atoms with Crippen molar-refractivity contribution >= 4 is 21.6 Å². The Hall–Kier alpha value is 0.220. The summed E-state index contributed by atoms with van der Waals surface area (Å²) >= 11 is 0. The first-order valence-electron chi connectivity index (χ1n) is 3.53. The summed E-state index contributed by atoms with van der Waals surface area (Å²) in [5.74, 6) is 0. The third-order valence-corrected chi connectivity index (χ3v) is 0.264. The van der Waals surface area contributed by atoms with Crippen molar-refractivity contribution in [1.82, 2.24) is 0 Å². The van der Waals surface area contributed by atoms with Crippen LogP contribution in [0, 0.1) is 0 Å². The van der Waals surface area contributed by atoms with Crippen LogP contribution in [0.3, 0.4) is 0 Å². The number of rotatable bonds is 1. The van der Waals surface area contributed by atoms with E-state index in [1.165, 1.54) is 6.92 Å². The maximum atomic E-state index is 9.56. The lowest BCUT2D eigenvalue weighted by Crippen LogP contribution is -2.03. The first-order valence-corrected chi connectivity index (χ1v) is 7.46. The molecule has 0 spiro atoms. The summed E-state index contributed by atoms with van der Waals surface area (Å²) in [5, 5.41) is 16.0. The van der Waals surface area contributed by atoms with Crippen LogP contribution in [0.1, 0.15) is 6.92 Å². The molecular formula is C7H20O4S2. The van der Waals surface area contributed by atoms with Crippen molar-refractivity contribution in [2.24, 2.45) is 0 Å². The summed E-state index contributed by atoms with van der Waals surface area (Å²) in [6.45, 7) is 1.39. The maximum Gasteiger partial charge on any atom is 0.0742 e. The Morgan fingerprint density at radius 2 is 1.15 bits per heavy atom. The summed E-state index contributed by atoms with van der Waals surface area (Å²) in [6, 6.07) is 0. The lowest BCUT2D eigenvalue weighted by Gasteiger charge is -1.90. The van der Waals surface area contributed by atoms with E-state index in [2.05, 4.69) is 0 Å². The van der Waals surface area contributed by atoms with E-state index in [1.807, 2.05) is 0 Å². The molecule has 0 aromatic carbocycles. The second-order valence-corrected chi connectivity index (χ2v) is 5.48. The molecule has 2 N–H and O–H groups in total. The molecule has 1 atom stereocenters. The van der Waals surface area contributed by atoms with Gasteiger partial charge in [0.1, 0.15) is 0 Å². The first kappa shape index (κ1) is 18.9. The first-order chi connectivity index (χ1) is 5.73. The van der Waals surface area contributed by atoms with Gasteiger partial charge >= 0.3 is 0 Å². The molecular weight excluding hydrogens is 212 g/mol. The number of hydrogen-bond donors (Lipinski definition) is 2. The molecule has 1 unspecified atom stereocenters. The molecule has 0 amide bonds. The van der Waals surface area contributed by atoms with Crippen molar-refractivity contribution in [1.29, 1.82) is 0 Å². The fourth-order valence-corrected chi connectivity index (χ4v) is 0. The lowest BCUT2D eigenvalue weighted by molar-refractivity contribution is 0.110. The molecule has 0 radical (unpaired) electrons. The minimum absolute atomic E-state index is 0.139. The van der Waals surface area contributed by atoms with E-state index < -0.39 is 27.7 Å². The molecule has 13 heavy (non-hydrogen) atoms. The average molecular weight is 232 g/mol. The highest BCUT2D eigenvalue weighted by atomic mass is 32.2. The van der Waals surface area contributed by atoms with Crippen LogP contribution in [0.5, 0.6) is 0 Å². The van der Waals surface area contributed by atoms with E-state index in [4.69, 9.17) is 10.2 Å². The second kappa shape index (κ2) is 14.7. The van der Waals surface area contributed by atoms with Gasteiger partial charge in [0, 0.05) is 46.6 Å². The van der Waals surface area contributed by atoms with Crippen molar-refractivity contribution in [3.05, 3.63) is 0 Å². The Morgan fingerprint density at radius 3 is 1.15 bits per heavy atom. The molecule has 0 aromatic heterocycles.